The molecule has 3 rings (SSSR count). The van der Waals surface area contributed by atoms with Crippen LogP contribution in [0.2, 0.25) is 0 Å². The summed E-state index contributed by atoms with van der Waals surface area (Å²) in [6.07, 6.45) is 2.78. The van der Waals surface area contributed by atoms with Gasteiger partial charge in [-0.3, -0.25) is 4.79 Å². The molecule has 0 bridgehead atoms. The van der Waals surface area contributed by atoms with Crippen LogP contribution in [0.15, 0.2) is 24.3 Å². The van der Waals surface area contributed by atoms with Gasteiger partial charge in [0, 0.05) is 6.54 Å². The van der Waals surface area contributed by atoms with E-state index < -0.39 is 6.10 Å². The van der Waals surface area contributed by atoms with E-state index in [0.717, 1.165) is 19.3 Å². The topological polar surface area (TPSA) is 62.6 Å². The van der Waals surface area contributed by atoms with E-state index in [9.17, 15) is 4.79 Å². The van der Waals surface area contributed by atoms with E-state index in [1.807, 2.05) is 4.90 Å². The highest BCUT2D eigenvalue weighted by Crippen LogP contribution is 2.30. The third-order valence-corrected chi connectivity index (χ3v) is 4.39. The van der Waals surface area contributed by atoms with Crippen molar-refractivity contribution < 1.29 is 14.3 Å². The minimum absolute atomic E-state index is 0.00237. The van der Waals surface area contributed by atoms with E-state index in [4.69, 9.17) is 14.7 Å². The van der Waals surface area contributed by atoms with Crippen molar-refractivity contribution in [2.45, 2.75) is 44.4 Å². The van der Waals surface area contributed by atoms with Gasteiger partial charge in [0.15, 0.2) is 6.10 Å². The highest BCUT2D eigenvalue weighted by molar-refractivity contribution is 5.81. The Morgan fingerprint density at radius 1 is 1.50 bits per heavy atom. The fourth-order valence-corrected chi connectivity index (χ4v) is 3.33. The number of fused-ring (bicyclic) bond motifs is 1. The van der Waals surface area contributed by atoms with Crippen molar-refractivity contribution in [1.82, 2.24) is 4.90 Å². The molecule has 1 aromatic carbocycles. The first kappa shape index (κ1) is 14.9. The average molecular weight is 300 g/mol. The lowest BCUT2D eigenvalue weighted by Crippen LogP contribution is -2.54. The third kappa shape index (κ3) is 2.93. The SMILES string of the molecule is C[C@H](Oc1cccc(C#N)c1)C(=O)N1CCO[C@@H]2CCC[C@@H]21. The molecule has 116 valence electrons. The first-order chi connectivity index (χ1) is 10.7. The van der Waals surface area contributed by atoms with Crippen LogP contribution in [0.4, 0.5) is 0 Å². The van der Waals surface area contributed by atoms with Gasteiger partial charge in [-0.15, -0.1) is 0 Å². The molecule has 1 aliphatic heterocycles. The predicted molar refractivity (Wildman–Crippen MR) is 80.3 cm³/mol. The standard InChI is InChI=1S/C17H20N2O3/c1-12(22-14-5-2-4-13(10-14)11-18)17(20)19-8-9-21-16-7-3-6-15(16)19/h2,4-5,10,12,15-16H,3,6-9H2,1H3/t12-,15-,16+/m0/s1. The van der Waals surface area contributed by atoms with Crippen molar-refractivity contribution in [2.75, 3.05) is 13.2 Å². The Hall–Kier alpha value is -2.06. The summed E-state index contributed by atoms with van der Waals surface area (Å²) in [5.74, 6) is 0.554. The number of carbonyl (C=O) groups excluding carboxylic acids is 1. The summed E-state index contributed by atoms with van der Waals surface area (Å²) in [6.45, 7) is 3.00. The summed E-state index contributed by atoms with van der Waals surface area (Å²) in [6, 6.07) is 9.15. The maximum absolute atomic E-state index is 12.7. The quantitative estimate of drug-likeness (QED) is 0.857. The number of hydrogen-bond acceptors (Lipinski definition) is 4. The molecular formula is C17H20N2O3. The normalized spacial score (nSPS) is 25.2. The molecule has 0 radical (unpaired) electrons. The Balaban J connectivity index is 1.67. The predicted octanol–water partition coefficient (Wildman–Crippen LogP) is 2.11. The van der Waals surface area contributed by atoms with Gasteiger partial charge in [-0.25, -0.2) is 0 Å². The van der Waals surface area contributed by atoms with E-state index >= 15 is 0 Å². The van der Waals surface area contributed by atoms with Gasteiger partial charge in [-0.2, -0.15) is 5.26 Å². The maximum atomic E-state index is 12.7. The van der Waals surface area contributed by atoms with Crippen LogP contribution >= 0.6 is 0 Å². The second-order valence-corrected chi connectivity index (χ2v) is 5.84. The van der Waals surface area contributed by atoms with E-state index in [-0.39, 0.29) is 18.1 Å². The zero-order valence-electron chi connectivity index (χ0n) is 12.7. The monoisotopic (exact) mass is 300 g/mol. The largest absolute Gasteiger partial charge is 0.481 e. The summed E-state index contributed by atoms with van der Waals surface area (Å²) in [7, 11) is 0. The number of ether oxygens (including phenoxy) is 2. The minimum atomic E-state index is -0.562. The van der Waals surface area contributed by atoms with Crippen LogP contribution in [0, 0.1) is 11.3 Å². The molecule has 0 unspecified atom stereocenters. The Bertz CT molecular complexity index is 596. The molecule has 1 amide bonds. The molecule has 1 saturated carbocycles. The Kier molecular flexibility index (Phi) is 4.30. The molecule has 0 aromatic heterocycles. The maximum Gasteiger partial charge on any atom is 0.263 e. The lowest BCUT2D eigenvalue weighted by molar-refractivity contribution is -0.150. The number of morpholine rings is 1. The molecular weight excluding hydrogens is 280 g/mol. The van der Waals surface area contributed by atoms with Gasteiger partial charge >= 0.3 is 0 Å². The number of benzene rings is 1. The second-order valence-electron chi connectivity index (χ2n) is 5.84. The molecule has 5 heteroatoms. The molecule has 1 heterocycles. The van der Waals surface area contributed by atoms with Crippen LogP contribution in [-0.2, 0) is 9.53 Å². The first-order valence-corrected chi connectivity index (χ1v) is 7.78. The molecule has 3 atom stereocenters. The molecule has 1 aliphatic carbocycles. The third-order valence-electron chi connectivity index (χ3n) is 4.39. The number of rotatable bonds is 3. The van der Waals surface area contributed by atoms with Gasteiger partial charge in [0.1, 0.15) is 5.75 Å². The lowest BCUT2D eigenvalue weighted by atomic mass is 10.1. The van der Waals surface area contributed by atoms with Crippen molar-refractivity contribution in [1.29, 1.82) is 5.26 Å². The van der Waals surface area contributed by atoms with Crippen LogP contribution in [0.3, 0.4) is 0 Å². The number of carbonyl (C=O) groups is 1. The van der Waals surface area contributed by atoms with E-state index in [1.54, 1.807) is 31.2 Å². The van der Waals surface area contributed by atoms with Crippen molar-refractivity contribution >= 4 is 5.91 Å². The van der Waals surface area contributed by atoms with Crippen LogP contribution in [0.5, 0.6) is 5.75 Å². The highest BCUT2D eigenvalue weighted by atomic mass is 16.5. The smallest absolute Gasteiger partial charge is 0.263 e. The second kappa shape index (κ2) is 6.37. The van der Waals surface area contributed by atoms with Crippen LogP contribution in [0.25, 0.3) is 0 Å². The molecule has 2 fully saturated rings. The van der Waals surface area contributed by atoms with Gasteiger partial charge in [0.25, 0.3) is 5.91 Å². The molecule has 1 saturated heterocycles. The highest BCUT2D eigenvalue weighted by Gasteiger charge is 2.39. The zero-order valence-corrected chi connectivity index (χ0v) is 12.7. The van der Waals surface area contributed by atoms with Crippen molar-refractivity contribution in [3.8, 4) is 11.8 Å². The number of hydrogen-bond donors (Lipinski definition) is 0. The molecule has 5 nitrogen and oxygen atoms in total. The summed E-state index contributed by atoms with van der Waals surface area (Å²) in [4.78, 5) is 14.6. The molecule has 0 N–H and O–H groups in total. The van der Waals surface area contributed by atoms with Crippen LogP contribution < -0.4 is 4.74 Å². The molecule has 22 heavy (non-hydrogen) atoms. The van der Waals surface area contributed by atoms with Gasteiger partial charge in [0.05, 0.1) is 30.4 Å². The first-order valence-electron chi connectivity index (χ1n) is 7.78. The number of nitriles is 1. The van der Waals surface area contributed by atoms with Crippen molar-refractivity contribution in [3.63, 3.8) is 0 Å². The van der Waals surface area contributed by atoms with Gasteiger partial charge in [-0.05, 0) is 44.4 Å². The fraction of sp³-hybridized carbons (Fsp3) is 0.529. The lowest BCUT2D eigenvalue weighted by Gasteiger charge is -2.38. The van der Waals surface area contributed by atoms with Gasteiger partial charge in [-0.1, -0.05) is 6.07 Å². The van der Waals surface area contributed by atoms with E-state index in [0.29, 0.717) is 24.5 Å². The average Bonchev–Trinajstić information content (AvgIpc) is 3.02. The molecule has 1 aromatic rings. The Morgan fingerprint density at radius 2 is 2.36 bits per heavy atom. The fourth-order valence-electron chi connectivity index (χ4n) is 3.33. The van der Waals surface area contributed by atoms with Crippen molar-refractivity contribution in [3.05, 3.63) is 29.8 Å². The minimum Gasteiger partial charge on any atom is -0.481 e. The summed E-state index contributed by atoms with van der Waals surface area (Å²) < 4.78 is 11.5. The van der Waals surface area contributed by atoms with Crippen LogP contribution in [0.1, 0.15) is 31.7 Å². The van der Waals surface area contributed by atoms with Crippen LogP contribution in [-0.4, -0.2) is 42.2 Å². The van der Waals surface area contributed by atoms with Gasteiger partial charge in [0.2, 0.25) is 0 Å². The zero-order chi connectivity index (χ0) is 15.5. The van der Waals surface area contributed by atoms with Gasteiger partial charge < -0.3 is 14.4 Å². The Labute approximate surface area is 130 Å². The number of nitrogens with zero attached hydrogens (tertiary/aromatic N) is 2. The van der Waals surface area contributed by atoms with Crippen molar-refractivity contribution in [2.24, 2.45) is 0 Å². The Morgan fingerprint density at radius 3 is 3.18 bits per heavy atom. The summed E-state index contributed by atoms with van der Waals surface area (Å²) in [5.41, 5.74) is 0.527. The number of amides is 1. The van der Waals surface area contributed by atoms with E-state index in [2.05, 4.69) is 6.07 Å². The molecule has 2 aliphatic rings. The van der Waals surface area contributed by atoms with E-state index in [1.165, 1.54) is 0 Å². The molecule has 0 spiro atoms. The summed E-state index contributed by atoms with van der Waals surface area (Å²) in [5, 5.41) is 8.92. The summed E-state index contributed by atoms with van der Waals surface area (Å²) >= 11 is 0.